The van der Waals surface area contributed by atoms with Crippen molar-refractivity contribution in [2.24, 2.45) is 5.92 Å². The van der Waals surface area contributed by atoms with Crippen LogP contribution in [-0.2, 0) is 14.3 Å². The maximum atomic E-state index is 12.1. The van der Waals surface area contributed by atoms with Crippen LogP contribution in [0.5, 0.6) is 0 Å². The molecule has 2 saturated heterocycles. The van der Waals surface area contributed by atoms with Crippen molar-refractivity contribution in [1.29, 1.82) is 0 Å². The molecule has 160 valence electrons. The van der Waals surface area contributed by atoms with Gasteiger partial charge in [-0.05, 0) is 51.2 Å². The first kappa shape index (κ1) is 20.5. The second-order valence-electron chi connectivity index (χ2n) is 7.75. The Morgan fingerprint density at radius 3 is 2.83 bits per heavy atom. The highest BCUT2D eigenvalue weighted by molar-refractivity contribution is 5.82. The molecule has 30 heavy (non-hydrogen) atoms. The van der Waals surface area contributed by atoms with Gasteiger partial charge in [0.1, 0.15) is 5.82 Å². The molecule has 0 spiro atoms. The number of ether oxygens (including phenoxy) is 2. The second kappa shape index (κ2) is 9.38. The molecule has 0 aliphatic carbocycles. The monoisotopic (exact) mass is 412 g/mol. The highest BCUT2D eigenvalue weighted by Gasteiger charge is 2.29. The molecule has 4 rings (SSSR count). The number of esters is 1. The van der Waals surface area contributed by atoms with E-state index in [0.717, 1.165) is 62.1 Å². The average Bonchev–Trinajstić information content (AvgIpc) is 3.29. The lowest BCUT2D eigenvalue weighted by molar-refractivity contribution is -0.148. The fraction of sp³-hybridized carbons (Fsp3) is 0.545. The number of anilines is 1. The van der Waals surface area contributed by atoms with Gasteiger partial charge < -0.3 is 14.4 Å². The molecule has 0 N–H and O–H groups in total. The zero-order valence-corrected chi connectivity index (χ0v) is 17.3. The minimum absolute atomic E-state index is 0.0694. The Hall–Kier alpha value is -2.74. The van der Waals surface area contributed by atoms with Gasteiger partial charge in [0.05, 0.1) is 18.2 Å². The highest BCUT2D eigenvalue weighted by Crippen LogP contribution is 2.35. The number of carbonyl (C=O) groups is 2. The van der Waals surface area contributed by atoms with Crippen molar-refractivity contribution in [2.75, 3.05) is 31.2 Å². The predicted molar refractivity (Wildman–Crippen MR) is 111 cm³/mol. The first-order valence-electron chi connectivity index (χ1n) is 10.7. The van der Waals surface area contributed by atoms with E-state index >= 15 is 0 Å². The Labute approximate surface area is 176 Å². The minimum Gasteiger partial charge on any atom is -0.466 e. The molecule has 8 nitrogen and oxygen atoms in total. The summed E-state index contributed by atoms with van der Waals surface area (Å²) in [6.45, 7) is 4.38. The van der Waals surface area contributed by atoms with Gasteiger partial charge in [0.2, 0.25) is 0 Å². The number of piperidine rings is 1. The van der Waals surface area contributed by atoms with Crippen molar-refractivity contribution >= 4 is 18.1 Å². The quantitative estimate of drug-likeness (QED) is 0.532. The first-order chi connectivity index (χ1) is 14.7. The van der Waals surface area contributed by atoms with Crippen molar-refractivity contribution in [1.82, 2.24) is 14.8 Å². The maximum absolute atomic E-state index is 12.1. The summed E-state index contributed by atoms with van der Waals surface area (Å²) < 4.78 is 13.0. The van der Waals surface area contributed by atoms with Gasteiger partial charge in [-0.3, -0.25) is 9.59 Å². The summed E-state index contributed by atoms with van der Waals surface area (Å²) in [5.74, 6) is 0.620. The van der Waals surface area contributed by atoms with E-state index in [1.807, 2.05) is 23.7 Å². The summed E-state index contributed by atoms with van der Waals surface area (Å²) in [6.07, 6.45) is 8.59. The summed E-state index contributed by atoms with van der Waals surface area (Å²) in [5, 5.41) is 4.51. The molecule has 1 unspecified atom stereocenters. The van der Waals surface area contributed by atoms with Crippen molar-refractivity contribution in [2.45, 2.75) is 45.3 Å². The van der Waals surface area contributed by atoms with E-state index in [4.69, 9.17) is 9.47 Å². The number of rotatable bonds is 6. The average molecular weight is 412 g/mol. The van der Waals surface area contributed by atoms with Gasteiger partial charge in [0.15, 0.2) is 12.5 Å². The zero-order valence-electron chi connectivity index (χ0n) is 17.3. The molecule has 0 aromatic carbocycles. The van der Waals surface area contributed by atoms with E-state index < -0.39 is 0 Å². The number of hydrogen-bond donors (Lipinski definition) is 0. The smallest absolute Gasteiger partial charge is 0.309 e. The van der Waals surface area contributed by atoms with Gasteiger partial charge in [0.25, 0.3) is 0 Å². The third kappa shape index (κ3) is 4.23. The van der Waals surface area contributed by atoms with Gasteiger partial charge in [-0.15, -0.1) is 0 Å². The summed E-state index contributed by atoms with van der Waals surface area (Å²) in [6, 6.07) is 3.81. The van der Waals surface area contributed by atoms with E-state index in [9.17, 15) is 9.59 Å². The second-order valence-corrected chi connectivity index (χ2v) is 7.75. The first-order valence-corrected chi connectivity index (χ1v) is 10.7. The SMILES string of the molecule is CCOC(=O)C1CCN(c2ncc(C=O)cc2-c2ccnn2C2CCCCO2)CC1. The van der Waals surface area contributed by atoms with Crippen LogP contribution in [0.15, 0.2) is 24.5 Å². The van der Waals surface area contributed by atoms with Crippen LogP contribution in [0.25, 0.3) is 11.3 Å². The van der Waals surface area contributed by atoms with Crippen LogP contribution >= 0.6 is 0 Å². The van der Waals surface area contributed by atoms with E-state index in [1.54, 1.807) is 12.4 Å². The molecule has 2 aromatic heterocycles. The molecule has 2 aromatic rings. The maximum Gasteiger partial charge on any atom is 0.309 e. The lowest BCUT2D eigenvalue weighted by Crippen LogP contribution is -2.37. The highest BCUT2D eigenvalue weighted by atomic mass is 16.5. The van der Waals surface area contributed by atoms with E-state index in [2.05, 4.69) is 15.0 Å². The van der Waals surface area contributed by atoms with Gasteiger partial charge in [0, 0.05) is 43.2 Å². The molecule has 4 heterocycles. The van der Waals surface area contributed by atoms with Crippen molar-refractivity contribution in [3.63, 3.8) is 0 Å². The van der Waals surface area contributed by atoms with Gasteiger partial charge in [-0.2, -0.15) is 5.10 Å². The van der Waals surface area contributed by atoms with Crippen LogP contribution in [0.2, 0.25) is 0 Å². The Balaban J connectivity index is 1.61. The number of aromatic nitrogens is 3. The standard InChI is InChI=1S/C22H28N4O4/c1-2-29-22(28)17-7-10-25(11-8-17)21-18(13-16(15-27)14-23-21)19-6-9-24-26(19)20-5-3-4-12-30-20/h6,9,13-15,17,20H,2-5,7-8,10-12H2,1H3. The number of aldehydes is 1. The molecule has 0 amide bonds. The number of hydrogen-bond acceptors (Lipinski definition) is 7. The third-order valence-electron chi connectivity index (χ3n) is 5.81. The Kier molecular flexibility index (Phi) is 6.42. The number of carbonyl (C=O) groups excluding carboxylic acids is 2. The van der Waals surface area contributed by atoms with Crippen LogP contribution in [0.3, 0.4) is 0 Å². The summed E-state index contributed by atoms with van der Waals surface area (Å²) >= 11 is 0. The van der Waals surface area contributed by atoms with Crippen LogP contribution in [0.4, 0.5) is 5.82 Å². The molecule has 2 aliphatic rings. The largest absolute Gasteiger partial charge is 0.466 e. The number of nitrogens with zero attached hydrogens (tertiary/aromatic N) is 4. The summed E-state index contributed by atoms with van der Waals surface area (Å²) in [4.78, 5) is 30.3. The van der Waals surface area contributed by atoms with Gasteiger partial charge in [-0.1, -0.05) is 0 Å². The lowest BCUT2D eigenvalue weighted by atomic mass is 9.96. The van der Waals surface area contributed by atoms with E-state index in [-0.39, 0.29) is 18.1 Å². The molecular formula is C22H28N4O4. The van der Waals surface area contributed by atoms with Crippen molar-refractivity contribution in [3.05, 3.63) is 30.1 Å². The van der Waals surface area contributed by atoms with Crippen LogP contribution in [0.1, 0.15) is 55.6 Å². The predicted octanol–water partition coefficient (Wildman–Crippen LogP) is 3.24. The van der Waals surface area contributed by atoms with Crippen LogP contribution in [-0.4, -0.2) is 53.3 Å². The zero-order chi connectivity index (χ0) is 20.9. The topological polar surface area (TPSA) is 86.5 Å². The van der Waals surface area contributed by atoms with Gasteiger partial charge in [-0.25, -0.2) is 9.67 Å². The molecule has 2 fully saturated rings. The summed E-state index contributed by atoms with van der Waals surface area (Å²) in [7, 11) is 0. The molecule has 0 radical (unpaired) electrons. The lowest BCUT2D eigenvalue weighted by Gasteiger charge is -2.33. The molecule has 8 heteroatoms. The molecule has 0 saturated carbocycles. The Morgan fingerprint density at radius 1 is 1.30 bits per heavy atom. The fourth-order valence-corrected chi connectivity index (χ4v) is 4.24. The summed E-state index contributed by atoms with van der Waals surface area (Å²) in [5.41, 5.74) is 2.27. The van der Waals surface area contributed by atoms with Crippen LogP contribution in [0, 0.1) is 5.92 Å². The molecule has 0 bridgehead atoms. The molecule has 2 aliphatic heterocycles. The van der Waals surface area contributed by atoms with E-state index in [1.165, 1.54) is 0 Å². The van der Waals surface area contributed by atoms with Crippen molar-refractivity contribution in [3.8, 4) is 11.3 Å². The third-order valence-corrected chi connectivity index (χ3v) is 5.81. The van der Waals surface area contributed by atoms with E-state index in [0.29, 0.717) is 25.3 Å². The Bertz CT molecular complexity index is 883. The number of pyridine rings is 1. The Morgan fingerprint density at radius 2 is 2.13 bits per heavy atom. The molecular weight excluding hydrogens is 384 g/mol. The molecule has 1 atom stereocenters. The van der Waals surface area contributed by atoms with Gasteiger partial charge >= 0.3 is 5.97 Å². The normalized spacial score (nSPS) is 20.2. The minimum atomic E-state index is -0.117. The van der Waals surface area contributed by atoms with Crippen LogP contribution < -0.4 is 4.90 Å². The fourth-order valence-electron chi connectivity index (χ4n) is 4.24. The van der Waals surface area contributed by atoms with Crippen molar-refractivity contribution < 1.29 is 19.1 Å².